The lowest BCUT2D eigenvalue weighted by Gasteiger charge is -2.33. The Balaban J connectivity index is 5.24. The first-order valence-electron chi connectivity index (χ1n) is 9.17. The van der Waals surface area contributed by atoms with E-state index in [-0.39, 0.29) is 5.92 Å². The molecule has 0 spiro atoms. The Labute approximate surface area is 142 Å². The lowest BCUT2D eigenvalue weighted by molar-refractivity contribution is -0.177. The Bertz CT molecular complexity index is 325. The van der Waals surface area contributed by atoms with Crippen LogP contribution >= 0.6 is 0 Å². The minimum Gasteiger partial charge on any atom is -0.465 e. The number of carbonyl (C=O) groups excluding carboxylic acids is 2. The number of esters is 2. The summed E-state index contributed by atoms with van der Waals surface area (Å²) in [7, 11) is 0. The van der Waals surface area contributed by atoms with Gasteiger partial charge in [-0.15, -0.1) is 0 Å². The van der Waals surface area contributed by atoms with E-state index in [4.69, 9.17) is 9.47 Å². The predicted octanol–water partition coefficient (Wildman–Crippen LogP) is 4.75. The number of ether oxygens (including phenoxy) is 2. The van der Waals surface area contributed by atoms with E-state index in [1.54, 1.807) is 0 Å². The van der Waals surface area contributed by atoms with Gasteiger partial charge in [0.25, 0.3) is 0 Å². The van der Waals surface area contributed by atoms with Gasteiger partial charge in [0.05, 0.1) is 13.2 Å². The van der Waals surface area contributed by atoms with E-state index in [1.807, 2.05) is 27.7 Å². The molecule has 0 radical (unpaired) electrons. The van der Waals surface area contributed by atoms with Crippen LogP contribution in [-0.4, -0.2) is 25.2 Å². The molecule has 0 aromatic carbocycles. The third kappa shape index (κ3) is 6.92. The maximum absolute atomic E-state index is 12.7. The van der Waals surface area contributed by atoms with E-state index in [0.717, 1.165) is 32.1 Å². The first kappa shape index (κ1) is 21.9. The lowest BCUT2D eigenvalue weighted by atomic mass is 9.72. The van der Waals surface area contributed by atoms with Crippen LogP contribution in [0, 0.1) is 17.3 Å². The van der Waals surface area contributed by atoms with Crippen molar-refractivity contribution in [2.45, 2.75) is 80.1 Å². The fourth-order valence-electron chi connectivity index (χ4n) is 2.44. The van der Waals surface area contributed by atoms with Crippen LogP contribution in [0.1, 0.15) is 80.1 Å². The molecule has 0 atom stereocenters. The molecule has 0 bridgehead atoms. The summed E-state index contributed by atoms with van der Waals surface area (Å²) in [4.78, 5) is 25.5. The van der Waals surface area contributed by atoms with Crippen LogP contribution < -0.4 is 0 Å². The molecule has 0 N–H and O–H groups in total. The summed E-state index contributed by atoms with van der Waals surface area (Å²) in [5, 5.41) is 0. The zero-order valence-electron chi connectivity index (χ0n) is 15.9. The quantitative estimate of drug-likeness (QED) is 0.295. The third-order valence-corrected chi connectivity index (χ3v) is 4.29. The van der Waals surface area contributed by atoms with Gasteiger partial charge in [-0.1, -0.05) is 54.4 Å². The van der Waals surface area contributed by atoms with Gasteiger partial charge >= 0.3 is 11.9 Å². The zero-order chi connectivity index (χ0) is 17.9. The van der Waals surface area contributed by atoms with Gasteiger partial charge in [-0.25, -0.2) is 0 Å². The van der Waals surface area contributed by atoms with E-state index in [9.17, 15) is 9.59 Å². The molecule has 0 saturated heterocycles. The Hall–Kier alpha value is -1.06. The molecule has 0 heterocycles. The standard InChI is InChI=1S/C19H36O4/c1-7-9-13-22-17(20)19(16(5)6,12-11-15(3)4)18(21)23-14-10-8-2/h15-16H,7-14H2,1-6H3. The van der Waals surface area contributed by atoms with Gasteiger partial charge in [-0.2, -0.15) is 0 Å². The van der Waals surface area contributed by atoms with Crippen molar-refractivity contribution in [3.8, 4) is 0 Å². The molecule has 0 aliphatic rings. The van der Waals surface area contributed by atoms with Crippen LogP contribution in [0.4, 0.5) is 0 Å². The molecular weight excluding hydrogens is 292 g/mol. The highest BCUT2D eigenvalue weighted by Gasteiger charge is 2.51. The van der Waals surface area contributed by atoms with Crippen molar-refractivity contribution < 1.29 is 19.1 Å². The summed E-state index contributed by atoms with van der Waals surface area (Å²) >= 11 is 0. The average Bonchev–Trinajstić information content (AvgIpc) is 2.47. The van der Waals surface area contributed by atoms with Gasteiger partial charge in [0, 0.05) is 0 Å². The molecule has 23 heavy (non-hydrogen) atoms. The normalized spacial score (nSPS) is 11.8. The van der Waals surface area contributed by atoms with Crippen LogP contribution in [-0.2, 0) is 19.1 Å². The van der Waals surface area contributed by atoms with Crippen LogP contribution in [0.2, 0.25) is 0 Å². The highest BCUT2D eigenvalue weighted by Crippen LogP contribution is 2.37. The molecular formula is C19H36O4. The largest absolute Gasteiger partial charge is 0.465 e. The zero-order valence-corrected chi connectivity index (χ0v) is 15.9. The van der Waals surface area contributed by atoms with E-state index >= 15 is 0 Å². The molecule has 0 unspecified atom stereocenters. The molecule has 0 aliphatic heterocycles. The van der Waals surface area contributed by atoms with Gasteiger partial charge in [0.2, 0.25) is 0 Å². The number of unbranched alkanes of at least 4 members (excludes halogenated alkanes) is 2. The van der Waals surface area contributed by atoms with Gasteiger partial charge < -0.3 is 9.47 Å². The van der Waals surface area contributed by atoms with Gasteiger partial charge in [-0.3, -0.25) is 9.59 Å². The summed E-state index contributed by atoms with van der Waals surface area (Å²) in [6.07, 6.45) is 4.82. The van der Waals surface area contributed by atoms with Crippen molar-refractivity contribution in [3.63, 3.8) is 0 Å². The van der Waals surface area contributed by atoms with E-state index < -0.39 is 17.4 Å². The van der Waals surface area contributed by atoms with Crippen LogP contribution in [0.3, 0.4) is 0 Å². The smallest absolute Gasteiger partial charge is 0.323 e. The molecule has 0 rings (SSSR count). The maximum Gasteiger partial charge on any atom is 0.323 e. The summed E-state index contributed by atoms with van der Waals surface area (Å²) in [5.74, 6) is -0.560. The Morgan fingerprint density at radius 1 is 0.870 bits per heavy atom. The molecule has 0 fully saturated rings. The van der Waals surface area contributed by atoms with Crippen molar-refractivity contribution in [1.29, 1.82) is 0 Å². The number of carbonyl (C=O) groups is 2. The number of hydrogen-bond acceptors (Lipinski definition) is 4. The second-order valence-corrected chi connectivity index (χ2v) is 7.04. The van der Waals surface area contributed by atoms with Gasteiger partial charge in [-0.05, 0) is 37.5 Å². The summed E-state index contributed by atoms with van der Waals surface area (Å²) in [5.41, 5.74) is -1.17. The molecule has 0 aromatic rings. The minimum atomic E-state index is -1.17. The maximum atomic E-state index is 12.7. The highest BCUT2D eigenvalue weighted by molar-refractivity contribution is 6.00. The number of rotatable bonds is 12. The van der Waals surface area contributed by atoms with Crippen molar-refractivity contribution >= 4 is 11.9 Å². The van der Waals surface area contributed by atoms with E-state index in [2.05, 4.69) is 13.8 Å². The number of hydrogen-bond donors (Lipinski definition) is 0. The van der Waals surface area contributed by atoms with Crippen molar-refractivity contribution in [1.82, 2.24) is 0 Å². The minimum absolute atomic E-state index is 0.149. The molecule has 0 amide bonds. The fourth-order valence-corrected chi connectivity index (χ4v) is 2.44. The highest BCUT2D eigenvalue weighted by atomic mass is 16.6. The molecule has 4 nitrogen and oxygen atoms in total. The molecule has 4 heteroatoms. The second-order valence-electron chi connectivity index (χ2n) is 7.04. The van der Waals surface area contributed by atoms with Crippen LogP contribution in [0.5, 0.6) is 0 Å². The molecule has 0 saturated carbocycles. The topological polar surface area (TPSA) is 52.6 Å². The molecule has 0 aliphatic carbocycles. The molecule has 0 aromatic heterocycles. The first-order chi connectivity index (χ1) is 10.8. The summed E-state index contributed by atoms with van der Waals surface area (Å²) in [6.45, 7) is 12.8. The second kappa shape index (κ2) is 11.5. The van der Waals surface area contributed by atoms with Crippen molar-refractivity contribution in [3.05, 3.63) is 0 Å². The lowest BCUT2D eigenvalue weighted by Crippen LogP contribution is -2.46. The fraction of sp³-hybridized carbons (Fsp3) is 0.895. The predicted molar refractivity (Wildman–Crippen MR) is 93.1 cm³/mol. The third-order valence-electron chi connectivity index (χ3n) is 4.29. The SMILES string of the molecule is CCCCOC(=O)C(CCC(C)C)(C(=O)OCCCC)C(C)C. The van der Waals surface area contributed by atoms with Crippen molar-refractivity contribution in [2.75, 3.05) is 13.2 Å². The Morgan fingerprint density at radius 2 is 1.30 bits per heavy atom. The summed E-state index contributed by atoms with van der Waals surface area (Å²) < 4.78 is 10.9. The molecule has 136 valence electrons. The van der Waals surface area contributed by atoms with E-state index in [0.29, 0.717) is 25.6 Å². The Morgan fingerprint density at radius 3 is 1.61 bits per heavy atom. The van der Waals surface area contributed by atoms with Gasteiger partial charge in [0.1, 0.15) is 0 Å². The Kier molecular flexibility index (Phi) is 10.9. The van der Waals surface area contributed by atoms with Crippen LogP contribution in [0.25, 0.3) is 0 Å². The summed E-state index contributed by atoms with van der Waals surface area (Å²) in [6, 6.07) is 0. The van der Waals surface area contributed by atoms with E-state index in [1.165, 1.54) is 0 Å². The van der Waals surface area contributed by atoms with Gasteiger partial charge in [0.15, 0.2) is 5.41 Å². The monoisotopic (exact) mass is 328 g/mol. The average molecular weight is 328 g/mol. The van der Waals surface area contributed by atoms with Crippen molar-refractivity contribution in [2.24, 2.45) is 17.3 Å². The first-order valence-corrected chi connectivity index (χ1v) is 9.17. The van der Waals surface area contributed by atoms with Crippen LogP contribution in [0.15, 0.2) is 0 Å².